The number of aromatic nitrogens is 2. The summed E-state index contributed by atoms with van der Waals surface area (Å²) in [4.78, 5) is 8.37. The number of hydrogen-bond donors (Lipinski definition) is 2. The van der Waals surface area contributed by atoms with Gasteiger partial charge in [0.2, 0.25) is 0 Å². The Kier molecular flexibility index (Phi) is 4.35. The minimum atomic E-state index is 0.466. The lowest BCUT2D eigenvalue weighted by Gasteiger charge is -2.09. The lowest BCUT2D eigenvalue weighted by atomic mass is 10.3. The van der Waals surface area contributed by atoms with Gasteiger partial charge in [0.1, 0.15) is 23.2 Å². The van der Waals surface area contributed by atoms with Crippen LogP contribution in [-0.4, -0.2) is 16.6 Å². The van der Waals surface area contributed by atoms with Gasteiger partial charge in [-0.05, 0) is 38.1 Å². The van der Waals surface area contributed by atoms with Crippen molar-refractivity contribution in [2.75, 3.05) is 17.2 Å². The van der Waals surface area contributed by atoms with Gasteiger partial charge in [-0.15, -0.1) is 0 Å². The fraction of sp³-hybridized carbons (Fsp3) is 0.214. The number of hydrogen-bond acceptors (Lipinski definition) is 6. The molecule has 0 atom stereocenters. The van der Waals surface area contributed by atoms with Crippen molar-refractivity contribution in [2.45, 2.75) is 13.8 Å². The molecule has 2 rings (SSSR count). The lowest BCUT2D eigenvalue weighted by Crippen LogP contribution is -2.01. The summed E-state index contributed by atoms with van der Waals surface area (Å²) < 4.78 is 5.38. The molecule has 0 saturated heterocycles. The molecule has 0 aliphatic heterocycles. The van der Waals surface area contributed by atoms with E-state index in [1.54, 1.807) is 13.0 Å². The van der Waals surface area contributed by atoms with Crippen molar-refractivity contribution in [1.29, 1.82) is 5.26 Å². The van der Waals surface area contributed by atoms with Gasteiger partial charge in [-0.3, -0.25) is 5.32 Å². The second kappa shape index (κ2) is 6.38. The van der Waals surface area contributed by atoms with Gasteiger partial charge in [-0.25, -0.2) is 9.97 Å². The lowest BCUT2D eigenvalue weighted by molar-refractivity contribution is 0.340. The standard InChI is InChI=1S/C14H15N5O/c1-3-20-12-6-4-11(5-7-12)19-14-8-13(16-9-15)17-10(2)18-14/h4-8H,3H2,1-2H3,(H2,16,17,18,19). The highest BCUT2D eigenvalue weighted by Crippen LogP contribution is 2.20. The molecule has 0 amide bonds. The van der Waals surface area contributed by atoms with Crippen molar-refractivity contribution in [2.24, 2.45) is 0 Å². The van der Waals surface area contributed by atoms with Crippen LogP contribution in [0.2, 0.25) is 0 Å². The van der Waals surface area contributed by atoms with Gasteiger partial charge in [-0.2, -0.15) is 5.26 Å². The number of anilines is 3. The van der Waals surface area contributed by atoms with Gasteiger partial charge in [0.05, 0.1) is 6.61 Å². The predicted molar refractivity (Wildman–Crippen MR) is 76.9 cm³/mol. The number of rotatable bonds is 5. The van der Waals surface area contributed by atoms with Crippen LogP contribution in [0.3, 0.4) is 0 Å². The first-order chi connectivity index (χ1) is 9.71. The molecule has 0 aliphatic carbocycles. The smallest absolute Gasteiger partial charge is 0.182 e. The molecule has 1 aromatic heterocycles. The van der Waals surface area contributed by atoms with Gasteiger partial charge in [0.15, 0.2) is 6.19 Å². The molecule has 2 N–H and O–H groups in total. The van der Waals surface area contributed by atoms with Gasteiger partial charge < -0.3 is 10.1 Å². The van der Waals surface area contributed by atoms with E-state index in [1.165, 1.54) is 0 Å². The van der Waals surface area contributed by atoms with Crippen LogP contribution in [0.4, 0.5) is 17.3 Å². The van der Waals surface area contributed by atoms with Gasteiger partial charge in [-0.1, -0.05) is 0 Å². The second-order valence-corrected chi connectivity index (χ2v) is 4.00. The Morgan fingerprint density at radius 2 is 1.90 bits per heavy atom. The van der Waals surface area contributed by atoms with Crippen molar-refractivity contribution >= 4 is 17.3 Å². The van der Waals surface area contributed by atoms with E-state index in [0.717, 1.165) is 11.4 Å². The van der Waals surface area contributed by atoms with Crippen molar-refractivity contribution in [3.8, 4) is 11.9 Å². The van der Waals surface area contributed by atoms with Gasteiger partial charge >= 0.3 is 0 Å². The maximum absolute atomic E-state index is 8.62. The Balaban J connectivity index is 2.15. The molecule has 102 valence electrons. The van der Waals surface area contributed by atoms with E-state index in [1.807, 2.05) is 37.4 Å². The molecule has 2 aromatic rings. The summed E-state index contributed by atoms with van der Waals surface area (Å²) in [5.41, 5.74) is 0.884. The van der Waals surface area contributed by atoms with Crippen molar-refractivity contribution in [3.05, 3.63) is 36.2 Å². The highest BCUT2D eigenvalue weighted by molar-refractivity contribution is 5.60. The first-order valence-corrected chi connectivity index (χ1v) is 6.22. The van der Waals surface area contributed by atoms with Crippen LogP contribution in [0.25, 0.3) is 0 Å². The molecule has 0 saturated carbocycles. The molecule has 0 spiro atoms. The first kappa shape index (κ1) is 13.6. The number of nitriles is 1. The summed E-state index contributed by atoms with van der Waals surface area (Å²) in [6.45, 7) is 4.35. The van der Waals surface area contributed by atoms with Crippen LogP contribution < -0.4 is 15.4 Å². The fourth-order valence-electron chi connectivity index (χ4n) is 1.70. The van der Waals surface area contributed by atoms with Crippen molar-refractivity contribution in [3.63, 3.8) is 0 Å². The Labute approximate surface area is 117 Å². The molecular weight excluding hydrogens is 254 g/mol. The summed E-state index contributed by atoms with van der Waals surface area (Å²) in [5, 5.41) is 14.3. The number of ether oxygens (including phenoxy) is 1. The Hall–Kier alpha value is -2.81. The van der Waals surface area contributed by atoms with Crippen molar-refractivity contribution < 1.29 is 4.74 Å². The Morgan fingerprint density at radius 1 is 1.20 bits per heavy atom. The van der Waals surface area contributed by atoms with Crippen molar-refractivity contribution in [1.82, 2.24) is 9.97 Å². The number of nitrogens with one attached hydrogen (secondary N) is 2. The third-order valence-corrected chi connectivity index (χ3v) is 2.46. The van der Waals surface area contributed by atoms with Crippen LogP contribution in [0.15, 0.2) is 30.3 Å². The van der Waals surface area contributed by atoms with E-state index in [4.69, 9.17) is 10.00 Å². The van der Waals surface area contributed by atoms with Crippen LogP contribution in [0, 0.1) is 18.4 Å². The Morgan fingerprint density at radius 3 is 2.55 bits per heavy atom. The highest BCUT2D eigenvalue weighted by atomic mass is 16.5. The molecule has 0 fully saturated rings. The zero-order chi connectivity index (χ0) is 14.4. The zero-order valence-corrected chi connectivity index (χ0v) is 11.3. The maximum atomic E-state index is 8.62. The van der Waals surface area contributed by atoms with Crippen LogP contribution in [-0.2, 0) is 0 Å². The minimum Gasteiger partial charge on any atom is -0.494 e. The van der Waals surface area contributed by atoms with Crippen LogP contribution in [0.5, 0.6) is 5.75 Å². The fourth-order valence-corrected chi connectivity index (χ4v) is 1.70. The molecular formula is C14H15N5O. The number of aryl methyl sites for hydroxylation is 1. The number of nitrogens with zero attached hydrogens (tertiary/aromatic N) is 3. The topological polar surface area (TPSA) is 82.9 Å². The summed E-state index contributed by atoms with van der Waals surface area (Å²) in [6, 6.07) is 9.25. The summed E-state index contributed by atoms with van der Waals surface area (Å²) in [6.07, 6.45) is 1.84. The SMILES string of the molecule is CCOc1ccc(Nc2cc(NC#N)nc(C)n2)cc1. The van der Waals surface area contributed by atoms with E-state index in [2.05, 4.69) is 20.6 Å². The van der Waals surface area contributed by atoms with Gasteiger partial charge in [0, 0.05) is 11.8 Å². The molecule has 0 unspecified atom stereocenters. The molecule has 20 heavy (non-hydrogen) atoms. The molecule has 6 nitrogen and oxygen atoms in total. The minimum absolute atomic E-state index is 0.466. The van der Waals surface area contributed by atoms with Crippen LogP contribution in [0.1, 0.15) is 12.7 Å². The monoisotopic (exact) mass is 269 g/mol. The van der Waals surface area contributed by atoms with E-state index >= 15 is 0 Å². The molecule has 0 aliphatic rings. The molecule has 6 heteroatoms. The third-order valence-electron chi connectivity index (χ3n) is 2.46. The molecule has 1 heterocycles. The quantitative estimate of drug-likeness (QED) is 0.641. The molecule has 1 aromatic carbocycles. The predicted octanol–water partition coefficient (Wildman–Crippen LogP) is 2.82. The summed E-state index contributed by atoms with van der Waals surface area (Å²) >= 11 is 0. The Bertz CT molecular complexity index is 618. The summed E-state index contributed by atoms with van der Waals surface area (Å²) in [5.74, 6) is 2.50. The van der Waals surface area contributed by atoms with Gasteiger partial charge in [0.25, 0.3) is 0 Å². The van der Waals surface area contributed by atoms with E-state index in [0.29, 0.717) is 24.1 Å². The normalized spacial score (nSPS) is 9.65. The average molecular weight is 269 g/mol. The highest BCUT2D eigenvalue weighted by Gasteiger charge is 2.02. The molecule has 0 radical (unpaired) electrons. The second-order valence-electron chi connectivity index (χ2n) is 4.00. The van der Waals surface area contributed by atoms with Crippen LogP contribution >= 0.6 is 0 Å². The zero-order valence-electron chi connectivity index (χ0n) is 11.3. The third kappa shape index (κ3) is 3.59. The largest absolute Gasteiger partial charge is 0.494 e. The average Bonchev–Trinajstić information content (AvgIpc) is 2.41. The summed E-state index contributed by atoms with van der Waals surface area (Å²) in [7, 11) is 0. The van der Waals surface area contributed by atoms with E-state index < -0.39 is 0 Å². The van der Waals surface area contributed by atoms with E-state index in [9.17, 15) is 0 Å². The number of benzene rings is 1. The molecule has 0 bridgehead atoms. The van der Waals surface area contributed by atoms with E-state index in [-0.39, 0.29) is 0 Å². The first-order valence-electron chi connectivity index (χ1n) is 6.22. The maximum Gasteiger partial charge on any atom is 0.182 e.